The molecule has 104 valence electrons. The Hall–Kier alpha value is -0.340. The van der Waals surface area contributed by atoms with Crippen LogP contribution in [0.1, 0.15) is 6.42 Å². The van der Waals surface area contributed by atoms with E-state index in [1.165, 1.54) is 4.90 Å². The number of carbonyl (C=O) groups is 1. The quantitative estimate of drug-likeness (QED) is 0.789. The summed E-state index contributed by atoms with van der Waals surface area (Å²) in [6.07, 6.45) is -0.135. The molecule has 2 N–H and O–H groups in total. The number of hydrogen-bond acceptors (Lipinski definition) is 3. The van der Waals surface area contributed by atoms with Crippen LogP contribution in [0.4, 0.5) is 5.69 Å². The van der Waals surface area contributed by atoms with Gasteiger partial charge in [-0.3, -0.25) is 4.79 Å². The summed E-state index contributed by atoms with van der Waals surface area (Å²) in [6, 6.07) is 3.09. The number of benzene rings is 1. The molecule has 0 spiro atoms. The normalized spacial score (nSPS) is 20.1. The molecule has 9 heteroatoms. The van der Waals surface area contributed by atoms with Crippen LogP contribution in [0.3, 0.4) is 0 Å². The van der Waals surface area contributed by atoms with Crippen LogP contribution in [0.25, 0.3) is 0 Å². The Morgan fingerprint density at radius 2 is 1.84 bits per heavy atom. The summed E-state index contributed by atoms with van der Waals surface area (Å²) in [6.45, 7) is 0.00591. The molecule has 0 saturated carbocycles. The van der Waals surface area contributed by atoms with Gasteiger partial charge in [0.15, 0.2) is 0 Å². The molecule has 0 aliphatic carbocycles. The summed E-state index contributed by atoms with van der Waals surface area (Å²) >= 11 is 15.1. The number of halogens is 3. The van der Waals surface area contributed by atoms with Gasteiger partial charge in [0.1, 0.15) is 5.25 Å². The summed E-state index contributed by atoms with van der Waals surface area (Å²) in [7, 11) is -3.74. The first kappa shape index (κ1) is 15.1. The van der Waals surface area contributed by atoms with Crippen LogP contribution >= 0.6 is 39.1 Å². The van der Waals surface area contributed by atoms with Crippen LogP contribution < -0.4 is 10.0 Å². The summed E-state index contributed by atoms with van der Waals surface area (Å²) in [5, 5.41) is 4.84. The lowest BCUT2D eigenvalue weighted by molar-refractivity contribution is -0.117. The van der Waals surface area contributed by atoms with Gasteiger partial charge in [-0.05, 0) is 28.1 Å². The maximum Gasteiger partial charge on any atom is 0.228 e. The van der Waals surface area contributed by atoms with Crippen LogP contribution in [0, 0.1) is 0 Å². The molecule has 1 aromatic rings. The van der Waals surface area contributed by atoms with Crippen molar-refractivity contribution in [2.24, 2.45) is 5.14 Å². The maximum atomic E-state index is 11.8. The van der Waals surface area contributed by atoms with Crippen LogP contribution in [0.5, 0.6) is 0 Å². The monoisotopic (exact) mass is 386 g/mol. The van der Waals surface area contributed by atoms with E-state index in [9.17, 15) is 13.2 Å². The Morgan fingerprint density at radius 1 is 1.32 bits per heavy atom. The Labute approximate surface area is 128 Å². The van der Waals surface area contributed by atoms with Gasteiger partial charge in [0.05, 0.1) is 14.5 Å². The number of primary sulfonamides is 1. The van der Waals surface area contributed by atoms with Crippen molar-refractivity contribution in [2.75, 3.05) is 11.4 Å². The first-order valence-corrected chi connectivity index (χ1v) is 8.32. The molecule has 1 amide bonds. The second kappa shape index (κ2) is 5.21. The van der Waals surface area contributed by atoms with E-state index in [0.717, 1.165) is 0 Å². The first-order valence-electron chi connectivity index (χ1n) is 5.16. The predicted molar refractivity (Wildman–Crippen MR) is 78.0 cm³/mol. The van der Waals surface area contributed by atoms with Crippen LogP contribution in [-0.4, -0.2) is 26.1 Å². The van der Waals surface area contributed by atoms with Crippen molar-refractivity contribution in [1.29, 1.82) is 0 Å². The molecular formula is C10H9BrCl2N2O3S. The lowest BCUT2D eigenvalue weighted by Crippen LogP contribution is -2.32. The molecule has 1 unspecified atom stereocenters. The molecule has 1 fully saturated rings. The minimum Gasteiger partial charge on any atom is -0.311 e. The summed E-state index contributed by atoms with van der Waals surface area (Å²) < 4.78 is 23.1. The molecule has 1 atom stereocenters. The second-order valence-electron chi connectivity index (χ2n) is 4.14. The highest BCUT2D eigenvalue weighted by atomic mass is 79.9. The van der Waals surface area contributed by atoms with E-state index in [-0.39, 0.29) is 18.9 Å². The van der Waals surface area contributed by atoms with Crippen molar-refractivity contribution in [3.63, 3.8) is 0 Å². The van der Waals surface area contributed by atoms with Gasteiger partial charge in [-0.2, -0.15) is 0 Å². The molecule has 1 heterocycles. The lowest BCUT2D eigenvalue weighted by Gasteiger charge is -2.17. The number of anilines is 1. The van der Waals surface area contributed by atoms with Crippen molar-refractivity contribution in [1.82, 2.24) is 0 Å². The molecule has 0 bridgehead atoms. The average molecular weight is 388 g/mol. The lowest BCUT2D eigenvalue weighted by atomic mass is 10.3. The third kappa shape index (κ3) is 3.05. The standard InChI is InChI=1S/C10H9BrCl2N2O3S/c11-10-7(12)1-5(2-8(10)13)15-4-6(3-9(15)16)19(14,17)18/h1-2,6H,3-4H2,(H2,14,17,18). The molecule has 1 aliphatic rings. The maximum absolute atomic E-state index is 11.8. The Balaban J connectivity index is 2.36. The van der Waals surface area contributed by atoms with Crippen molar-refractivity contribution in [3.8, 4) is 0 Å². The van der Waals surface area contributed by atoms with E-state index in [0.29, 0.717) is 20.2 Å². The third-order valence-corrected chi connectivity index (χ3v) is 5.99. The van der Waals surface area contributed by atoms with E-state index < -0.39 is 15.3 Å². The van der Waals surface area contributed by atoms with Gasteiger partial charge in [0.2, 0.25) is 15.9 Å². The minimum absolute atomic E-state index is 0.00591. The number of carbonyl (C=O) groups excluding carboxylic acids is 1. The third-order valence-electron chi connectivity index (χ3n) is 2.83. The van der Waals surface area contributed by atoms with E-state index >= 15 is 0 Å². The SMILES string of the molecule is NS(=O)(=O)C1CC(=O)N(c2cc(Cl)c(Br)c(Cl)c2)C1. The minimum atomic E-state index is -3.74. The van der Waals surface area contributed by atoms with Gasteiger partial charge >= 0.3 is 0 Å². The molecule has 1 saturated heterocycles. The van der Waals surface area contributed by atoms with Crippen LogP contribution in [0.15, 0.2) is 16.6 Å². The Morgan fingerprint density at radius 3 is 2.26 bits per heavy atom. The largest absolute Gasteiger partial charge is 0.311 e. The number of hydrogen-bond donors (Lipinski definition) is 1. The first-order chi connectivity index (χ1) is 8.70. The highest BCUT2D eigenvalue weighted by Gasteiger charge is 2.37. The smallest absolute Gasteiger partial charge is 0.228 e. The van der Waals surface area contributed by atoms with Gasteiger partial charge in [-0.1, -0.05) is 23.2 Å². The highest BCUT2D eigenvalue weighted by Crippen LogP contribution is 2.36. The second-order valence-corrected chi connectivity index (χ2v) is 7.60. The zero-order valence-corrected chi connectivity index (χ0v) is 13.4. The molecule has 1 aliphatic heterocycles. The Kier molecular flexibility index (Phi) is 4.13. The van der Waals surface area contributed by atoms with Crippen molar-refractivity contribution < 1.29 is 13.2 Å². The van der Waals surface area contributed by atoms with E-state index in [4.69, 9.17) is 28.3 Å². The van der Waals surface area contributed by atoms with E-state index in [1.807, 2.05) is 0 Å². The summed E-state index contributed by atoms with van der Waals surface area (Å²) in [5.74, 6) is -0.325. The topological polar surface area (TPSA) is 80.5 Å². The molecule has 2 rings (SSSR count). The van der Waals surface area contributed by atoms with E-state index in [1.54, 1.807) is 12.1 Å². The number of sulfonamides is 1. The fourth-order valence-electron chi connectivity index (χ4n) is 1.84. The van der Waals surface area contributed by atoms with E-state index in [2.05, 4.69) is 15.9 Å². The zero-order valence-electron chi connectivity index (χ0n) is 9.44. The molecule has 1 aromatic carbocycles. The molecule has 0 aromatic heterocycles. The van der Waals surface area contributed by atoms with Gasteiger partial charge < -0.3 is 4.90 Å². The van der Waals surface area contributed by atoms with Crippen molar-refractivity contribution >= 4 is 60.7 Å². The number of nitrogens with two attached hydrogens (primary N) is 1. The molecule has 5 nitrogen and oxygen atoms in total. The Bertz CT molecular complexity index is 627. The number of rotatable bonds is 2. The summed E-state index contributed by atoms with van der Waals surface area (Å²) in [5.41, 5.74) is 0.453. The zero-order chi connectivity index (χ0) is 14.4. The van der Waals surface area contributed by atoms with Gasteiger partial charge in [0, 0.05) is 18.7 Å². The molecular weight excluding hydrogens is 379 g/mol. The number of nitrogens with zero attached hydrogens (tertiary/aromatic N) is 1. The van der Waals surface area contributed by atoms with Crippen molar-refractivity contribution in [2.45, 2.75) is 11.7 Å². The fourth-order valence-corrected chi connectivity index (χ4v) is 3.28. The van der Waals surface area contributed by atoms with Crippen LogP contribution in [0.2, 0.25) is 10.0 Å². The average Bonchev–Trinajstić information content (AvgIpc) is 2.67. The van der Waals surface area contributed by atoms with Gasteiger partial charge in [-0.25, -0.2) is 13.6 Å². The van der Waals surface area contributed by atoms with Crippen LogP contribution in [-0.2, 0) is 14.8 Å². The molecule has 0 radical (unpaired) electrons. The van der Waals surface area contributed by atoms with Crippen molar-refractivity contribution in [3.05, 3.63) is 26.7 Å². The predicted octanol–water partition coefficient (Wildman–Crippen LogP) is 2.15. The fraction of sp³-hybridized carbons (Fsp3) is 0.300. The number of amides is 1. The van der Waals surface area contributed by atoms with Gasteiger partial charge in [0.25, 0.3) is 0 Å². The highest BCUT2D eigenvalue weighted by molar-refractivity contribution is 9.10. The van der Waals surface area contributed by atoms with Gasteiger partial charge in [-0.15, -0.1) is 0 Å². The summed E-state index contributed by atoms with van der Waals surface area (Å²) in [4.78, 5) is 13.2. The molecule has 19 heavy (non-hydrogen) atoms.